The van der Waals surface area contributed by atoms with E-state index in [4.69, 9.17) is 0 Å². The Balaban J connectivity index is 1.08. The summed E-state index contributed by atoms with van der Waals surface area (Å²) in [5.41, 5.74) is 18.2. The molecule has 0 aliphatic carbocycles. The van der Waals surface area contributed by atoms with Gasteiger partial charge in [0.1, 0.15) is 0 Å². The van der Waals surface area contributed by atoms with Crippen molar-refractivity contribution in [2.75, 3.05) is 9.80 Å². The summed E-state index contributed by atoms with van der Waals surface area (Å²) in [5.74, 6) is 0. The molecular weight excluding hydrogens is 761 g/mol. The summed E-state index contributed by atoms with van der Waals surface area (Å²) < 4.78 is 0. The highest BCUT2D eigenvalue weighted by atomic mass is 15.2. The Hall–Kier alpha value is -8.20. The van der Waals surface area contributed by atoms with E-state index in [2.05, 4.69) is 277 Å². The molecule has 1 aliphatic heterocycles. The molecule has 0 radical (unpaired) electrons. The second-order valence-corrected chi connectivity index (χ2v) is 16.1. The summed E-state index contributed by atoms with van der Waals surface area (Å²) in [6, 6.07) is 96.9. The second kappa shape index (κ2) is 16.3. The van der Waals surface area contributed by atoms with Crippen LogP contribution in [0.4, 0.5) is 34.1 Å². The van der Waals surface area contributed by atoms with Gasteiger partial charge in [0.15, 0.2) is 0 Å². The molecule has 0 fully saturated rings. The Kier molecular flexibility index (Phi) is 9.80. The van der Waals surface area contributed by atoms with Crippen LogP contribution < -0.4 is 9.80 Å². The summed E-state index contributed by atoms with van der Waals surface area (Å²) in [4.78, 5) is 4.82. The van der Waals surface area contributed by atoms with E-state index in [-0.39, 0.29) is 0 Å². The molecule has 0 saturated carbocycles. The summed E-state index contributed by atoms with van der Waals surface area (Å²) in [6.45, 7) is 0. The third-order valence-electron chi connectivity index (χ3n) is 12.5. The van der Waals surface area contributed by atoms with Crippen LogP contribution in [0.2, 0.25) is 0 Å². The van der Waals surface area contributed by atoms with Gasteiger partial charge in [-0.3, -0.25) is 0 Å². The van der Waals surface area contributed by atoms with Gasteiger partial charge < -0.3 is 9.80 Å². The first-order valence-corrected chi connectivity index (χ1v) is 21.7. The molecule has 0 bridgehead atoms. The molecule has 0 atom stereocenters. The van der Waals surface area contributed by atoms with Crippen LogP contribution in [-0.4, -0.2) is 0 Å². The summed E-state index contributed by atoms with van der Waals surface area (Å²) in [6.07, 6.45) is 0. The molecule has 0 N–H and O–H groups in total. The van der Waals surface area contributed by atoms with Gasteiger partial charge in [-0.05, 0) is 116 Å². The second-order valence-electron chi connectivity index (χ2n) is 16.1. The third kappa shape index (κ3) is 6.79. The Bertz CT molecular complexity index is 3010. The van der Waals surface area contributed by atoms with Crippen molar-refractivity contribution in [3.05, 3.63) is 289 Å². The lowest BCUT2D eigenvalue weighted by Gasteiger charge is -2.46. The fourth-order valence-corrected chi connectivity index (χ4v) is 9.63. The van der Waals surface area contributed by atoms with Gasteiger partial charge in [0.05, 0.1) is 16.8 Å². The fraction of sp³-hybridized carbons (Fsp3) is 0.0164. The molecule has 2 nitrogen and oxygen atoms in total. The molecule has 0 amide bonds. The number of rotatable bonds is 9. The molecule has 63 heavy (non-hydrogen) atoms. The van der Waals surface area contributed by atoms with Crippen molar-refractivity contribution in [1.29, 1.82) is 0 Å². The minimum absolute atomic E-state index is 0.561. The quantitative estimate of drug-likeness (QED) is 0.143. The first kappa shape index (κ1) is 37.8. The molecule has 10 aromatic rings. The van der Waals surface area contributed by atoms with Gasteiger partial charge in [-0.2, -0.15) is 0 Å². The van der Waals surface area contributed by atoms with E-state index < -0.39 is 5.41 Å². The highest BCUT2D eigenvalue weighted by Crippen LogP contribution is 2.58. The molecule has 1 aliphatic rings. The van der Waals surface area contributed by atoms with Crippen LogP contribution in [0.5, 0.6) is 0 Å². The monoisotopic (exact) mass is 804 g/mol. The number of anilines is 6. The van der Waals surface area contributed by atoms with E-state index in [1.165, 1.54) is 50.2 Å². The molecule has 10 aromatic carbocycles. The van der Waals surface area contributed by atoms with E-state index in [1.807, 2.05) is 0 Å². The van der Waals surface area contributed by atoms with Crippen LogP contribution in [0.15, 0.2) is 267 Å². The van der Waals surface area contributed by atoms with Gasteiger partial charge in [-0.25, -0.2) is 0 Å². The highest BCUT2D eigenvalue weighted by molar-refractivity contribution is 5.92. The number of hydrogen-bond donors (Lipinski definition) is 0. The van der Waals surface area contributed by atoms with Gasteiger partial charge in [0, 0.05) is 22.7 Å². The van der Waals surface area contributed by atoms with E-state index in [0.717, 1.165) is 39.6 Å². The average Bonchev–Trinajstić information content (AvgIpc) is 3.37. The number of benzene rings is 10. The minimum atomic E-state index is -0.561. The Morgan fingerprint density at radius 2 is 0.683 bits per heavy atom. The lowest BCUT2D eigenvalue weighted by molar-refractivity contribution is 0.731. The van der Waals surface area contributed by atoms with Gasteiger partial charge in [0.2, 0.25) is 0 Å². The van der Waals surface area contributed by atoms with Crippen LogP contribution in [0.25, 0.3) is 33.4 Å². The maximum absolute atomic E-state index is 2.46. The molecule has 11 rings (SSSR count). The van der Waals surface area contributed by atoms with Gasteiger partial charge >= 0.3 is 0 Å². The Labute approximate surface area is 370 Å². The normalized spacial score (nSPS) is 12.5. The topological polar surface area (TPSA) is 6.48 Å². The van der Waals surface area contributed by atoms with Crippen LogP contribution in [0.3, 0.4) is 0 Å². The zero-order chi connectivity index (χ0) is 42.0. The predicted octanol–water partition coefficient (Wildman–Crippen LogP) is 16.3. The molecule has 0 saturated heterocycles. The van der Waals surface area contributed by atoms with Crippen molar-refractivity contribution < 1.29 is 0 Å². The highest BCUT2D eigenvalue weighted by Gasteiger charge is 2.46. The molecular formula is C61H44N2. The molecule has 0 spiro atoms. The van der Waals surface area contributed by atoms with E-state index in [0.29, 0.717) is 0 Å². The van der Waals surface area contributed by atoms with Gasteiger partial charge in [0.25, 0.3) is 0 Å². The van der Waals surface area contributed by atoms with Crippen LogP contribution >= 0.6 is 0 Å². The third-order valence-corrected chi connectivity index (χ3v) is 12.5. The zero-order valence-corrected chi connectivity index (χ0v) is 34.8. The van der Waals surface area contributed by atoms with Crippen molar-refractivity contribution >= 4 is 34.1 Å². The van der Waals surface area contributed by atoms with E-state index >= 15 is 0 Å². The van der Waals surface area contributed by atoms with Crippen molar-refractivity contribution in [1.82, 2.24) is 0 Å². The molecule has 0 aromatic heterocycles. The minimum Gasteiger partial charge on any atom is -0.310 e. The predicted molar refractivity (Wildman–Crippen MR) is 264 cm³/mol. The largest absolute Gasteiger partial charge is 0.310 e. The maximum Gasteiger partial charge on any atom is 0.0742 e. The smallest absolute Gasteiger partial charge is 0.0742 e. The van der Waals surface area contributed by atoms with E-state index in [1.54, 1.807) is 0 Å². The molecule has 0 unspecified atom stereocenters. The lowest BCUT2D eigenvalue weighted by atomic mass is 9.62. The summed E-state index contributed by atoms with van der Waals surface area (Å²) in [5, 5.41) is 0. The Morgan fingerprint density at radius 3 is 1.24 bits per heavy atom. The first-order chi connectivity index (χ1) is 31.3. The lowest BCUT2D eigenvalue weighted by Crippen LogP contribution is -2.37. The van der Waals surface area contributed by atoms with Crippen molar-refractivity contribution in [3.63, 3.8) is 0 Å². The molecule has 2 heteroatoms. The van der Waals surface area contributed by atoms with Crippen molar-refractivity contribution in [2.24, 2.45) is 0 Å². The van der Waals surface area contributed by atoms with Gasteiger partial charge in [-0.15, -0.1) is 0 Å². The van der Waals surface area contributed by atoms with Gasteiger partial charge in [-0.1, -0.05) is 206 Å². The number of hydrogen-bond acceptors (Lipinski definition) is 2. The molecule has 298 valence electrons. The number of fused-ring (bicyclic) bond motifs is 2. The van der Waals surface area contributed by atoms with Crippen LogP contribution in [0, 0.1) is 0 Å². The Morgan fingerprint density at radius 1 is 0.270 bits per heavy atom. The molecule has 1 heterocycles. The summed E-state index contributed by atoms with van der Waals surface area (Å²) >= 11 is 0. The summed E-state index contributed by atoms with van der Waals surface area (Å²) in [7, 11) is 0. The average molecular weight is 805 g/mol. The number of para-hydroxylation sites is 2. The van der Waals surface area contributed by atoms with E-state index in [9.17, 15) is 0 Å². The number of nitrogens with zero attached hydrogens (tertiary/aromatic N) is 2. The zero-order valence-electron chi connectivity index (χ0n) is 34.8. The van der Waals surface area contributed by atoms with Crippen molar-refractivity contribution in [2.45, 2.75) is 5.41 Å². The van der Waals surface area contributed by atoms with Crippen LogP contribution in [0.1, 0.15) is 22.3 Å². The van der Waals surface area contributed by atoms with Crippen molar-refractivity contribution in [3.8, 4) is 33.4 Å². The van der Waals surface area contributed by atoms with Crippen LogP contribution in [-0.2, 0) is 5.41 Å². The first-order valence-electron chi connectivity index (χ1n) is 21.7. The standard InChI is InChI=1S/C61H44N2/c1-6-19-45(20-7-1)47-33-38-54(39-34-47)62(55-40-35-48(36-41-55)46-21-8-2-9-22-46)56-30-18-23-49(43-56)50-37-42-58-60(44-50)63(53-28-14-5-15-29-53)59-32-17-16-31-57(59)61(58,51-24-10-3-11-25-51)52-26-12-4-13-27-52/h1-44H. The fourth-order valence-electron chi connectivity index (χ4n) is 9.63. The SMILES string of the molecule is c1ccc(-c2ccc(N(c3ccc(-c4ccccc4)cc3)c3cccc(-c4ccc5c(c4)N(c4ccccc4)c4ccccc4C5(c4ccccc4)c4ccccc4)c3)cc2)cc1. The maximum atomic E-state index is 2.46.